The van der Waals surface area contributed by atoms with Gasteiger partial charge in [0.1, 0.15) is 0 Å². The van der Waals surface area contributed by atoms with Crippen LogP contribution in [0.25, 0.3) is 0 Å². The van der Waals surface area contributed by atoms with Crippen molar-refractivity contribution in [2.24, 2.45) is 4.99 Å². The van der Waals surface area contributed by atoms with E-state index in [0.717, 1.165) is 46.4 Å². The number of amides is 1. The Morgan fingerprint density at radius 2 is 2.09 bits per heavy atom. The van der Waals surface area contributed by atoms with Gasteiger partial charge in [0.2, 0.25) is 0 Å². The smallest absolute Gasteiger partial charge is 0.382 e. The van der Waals surface area contributed by atoms with E-state index in [9.17, 15) is 23.1 Å². The summed E-state index contributed by atoms with van der Waals surface area (Å²) < 4.78 is 44.8. The van der Waals surface area contributed by atoms with Crippen LogP contribution in [-0.4, -0.2) is 29.3 Å². The average molecular weight is 837 g/mol. The molecule has 6 N–H and O–H groups in total. The first-order valence-electron chi connectivity index (χ1n) is 13.4. The molecule has 5 rings (SSSR count). The molecule has 0 bridgehead atoms. The topological polar surface area (TPSA) is 112 Å². The Bertz CT molecular complexity index is 1620. The van der Waals surface area contributed by atoms with E-state index in [1.54, 1.807) is 24.4 Å². The lowest BCUT2D eigenvalue weighted by atomic mass is 10.0. The van der Waals surface area contributed by atoms with Crippen molar-refractivity contribution in [3.63, 3.8) is 0 Å². The Morgan fingerprint density at radius 3 is 2.81 bits per heavy atom. The molecule has 3 aromatic rings. The summed E-state index contributed by atoms with van der Waals surface area (Å²) in [5.41, 5.74) is 4.25. The Balaban J connectivity index is 1.29. The largest absolute Gasteiger partial charge is 0.416 e. The maximum absolute atomic E-state index is 13.9. The van der Waals surface area contributed by atoms with Gasteiger partial charge in [-0.3, -0.25) is 9.79 Å². The standard InChI is InChI=1S/C29H29F3I2N6O2S/c1-15-3-4-17(9-23(15)39-28(42)21-14-43-26-24(13-36-25(21)26)37-19-7-8-19)27(41)38-20-6-5-18(22(10-20)29(30,31)32)12-35-11-16(2)40-34-33/h3-6,9-11,14,19,28,35-36,39,42H,7-8,12-13H2,1-2H3,(H,38,41)/p+1/b16-11-,37-24?. The van der Waals surface area contributed by atoms with E-state index in [1.165, 1.54) is 23.5 Å². The Hall–Kier alpha value is -2.57. The van der Waals surface area contributed by atoms with Gasteiger partial charge >= 0.3 is 6.18 Å². The number of carbonyl (C=O) groups is 1. The summed E-state index contributed by atoms with van der Waals surface area (Å²) in [6, 6.07) is 9.07. The highest BCUT2D eigenvalue weighted by Crippen LogP contribution is 2.39. The van der Waals surface area contributed by atoms with Crippen molar-refractivity contribution in [3.8, 4) is 0 Å². The zero-order valence-corrected chi connectivity index (χ0v) is 28.3. The molecule has 1 atom stereocenters. The van der Waals surface area contributed by atoms with E-state index in [4.69, 9.17) is 4.99 Å². The molecule has 0 radical (unpaired) electrons. The van der Waals surface area contributed by atoms with Gasteiger partial charge in [-0.25, -0.2) is 0 Å². The first-order valence-corrected chi connectivity index (χ1v) is 21.7. The number of hydrogen-bond donors (Lipinski definition) is 6. The third-order valence-electron chi connectivity index (χ3n) is 6.96. The highest BCUT2D eigenvalue weighted by molar-refractivity contribution is 15.0. The lowest BCUT2D eigenvalue weighted by Gasteiger charge is -2.18. The van der Waals surface area contributed by atoms with Gasteiger partial charge < -0.3 is 26.4 Å². The predicted octanol–water partition coefficient (Wildman–Crippen LogP) is 6.34. The van der Waals surface area contributed by atoms with E-state index in [1.807, 2.05) is 19.2 Å². The molecule has 14 heteroatoms. The van der Waals surface area contributed by atoms with Gasteiger partial charge in [-0.05, 0) is 55.2 Å². The van der Waals surface area contributed by atoms with Crippen LogP contribution in [-0.2, 0) is 12.7 Å². The summed E-state index contributed by atoms with van der Waals surface area (Å²) in [6.45, 7) is 4.29. The van der Waals surface area contributed by atoms with Crippen LogP contribution >= 0.6 is 47.0 Å². The van der Waals surface area contributed by atoms with Crippen molar-refractivity contribution in [1.29, 1.82) is 0 Å². The molecule has 2 aliphatic rings. The van der Waals surface area contributed by atoms with Crippen LogP contribution in [0, 0.1) is 6.92 Å². The van der Waals surface area contributed by atoms with Gasteiger partial charge in [0.25, 0.3) is 23.0 Å². The van der Waals surface area contributed by atoms with E-state index in [-0.39, 0.29) is 40.4 Å². The quantitative estimate of drug-likeness (QED) is 0.106. The molecule has 1 amide bonds. The van der Waals surface area contributed by atoms with E-state index in [2.05, 4.69) is 43.0 Å². The fourth-order valence-corrected chi connectivity index (χ4v) is 8.26. The third-order valence-corrected chi connectivity index (χ3v) is 10.4. The number of hydrogen-bond acceptors (Lipinski definition) is 7. The molecule has 1 fully saturated rings. The van der Waals surface area contributed by atoms with E-state index in [0.29, 0.717) is 23.8 Å². The van der Waals surface area contributed by atoms with Gasteiger partial charge in [-0.15, -0.1) is 11.3 Å². The summed E-state index contributed by atoms with van der Waals surface area (Å²) in [5.74, 6) is -0.567. The number of anilines is 3. The average Bonchev–Trinajstić information content (AvgIpc) is 3.54. The number of nitrogens with one attached hydrogen (secondary N) is 5. The van der Waals surface area contributed by atoms with Crippen LogP contribution < -0.4 is 24.4 Å². The lowest BCUT2D eigenvalue weighted by Crippen LogP contribution is -2.58. The van der Waals surface area contributed by atoms with Gasteiger partial charge in [0, 0.05) is 41.4 Å². The van der Waals surface area contributed by atoms with Crippen LogP contribution in [0.2, 0.25) is 0 Å². The van der Waals surface area contributed by atoms with Crippen molar-refractivity contribution >= 4 is 75.7 Å². The minimum atomic E-state index is -4.60. The van der Waals surface area contributed by atoms with Gasteiger partial charge in [0.15, 0.2) is 11.9 Å². The molecule has 1 aromatic heterocycles. The second-order valence-electron chi connectivity index (χ2n) is 10.3. The number of alkyl halides is 3. The zero-order chi connectivity index (χ0) is 30.7. The minimum absolute atomic E-state index is 0.0194. The molecule has 1 unspecified atom stereocenters. The highest BCUT2D eigenvalue weighted by Gasteiger charge is 2.34. The molecule has 1 aliphatic heterocycles. The second-order valence-corrected chi connectivity index (χ2v) is 14.9. The van der Waals surface area contributed by atoms with E-state index < -0.39 is 23.9 Å². The number of allylic oxidation sites excluding steroid dienone is 1. The third kappa shape index (κ3) is 7.94. The molecule has 228 valence electrons. The summed E-state index contributed by atoms with van der Waals surface area (Å²) in [4.78, 5) is 18.9. The number of aliphatic hydroxyl groups is 1. The number of aliphatic imine (C=N–C) groups is 1. The van der Waals surface area contributed by atoms with Gasteiger partial charge in [-0.2, -0.15) is 16.3 Å². The normalized spacial score (nSPS) is 16.9. The monoisotopic (exact) mass is 837 g/mol. The first kappa shape index (κ1) is 31.8. The van der Waals surface area contributed by atoms with Crippen molar-refractivity contribution in [1.82, 2.24) is 5.32 Å². The molecular weight excluding hydrogens is 807 g/mol. The van der Waals surface area contributed by atoms with E-state index >= 15 is 0 Å². The van der Waals surface area contributed by atoms with Crippen LogP contribution in [0.15, 0.2) is 58.7 Å². The van der Waals surface area contributed by atoms with Crippen LogP contribution in [0.5, 0.6) is 0 Å². The molecule has 43 heavy (non-hydrogen) atoms. The van der Waals surface area contributed by atoms with Gasteiger partial charge in [0.05, 0.1) is 59.2 Å². The molecule has 1 saturated carbocycles. The van der Waals surface area contributed by atoms with Crippen molar-refractivity contribution < 1.29 is 26.2 Å². The minimum Gasteiger partial charge on any atom is -0.382 e. The Morgan fingerprint density at radius 1 is 1.30 bits per heavy atom. The molecule has 0 saturated heterocycles. The lowest BCUT2D eigenvalue weighted by molar-refractivity contribution is -0.334. The number of carbonyl (C=O) groups excluding carboxylic acids is 1. The predicted molar refractivity (Wildman–Crippen MR) is 181 cm³/mol. The maximum Gasteiger partial charge on any atom is 0.416 e. The second kappa shape index (κ2) is 13.6. The van der Waals surface area contributed by atoms with Crippen LogP contribution in [0.1, 0.15) is 63.5 Å². The fourth-order valence-electron chi connectivity index (χ4n) is 4.56. The number of fused-ring (bicyclic) bond motifs is 1. The number of nitrogens with zero attached hydrogens (tertiary/aromatic N) is 1. The van der Waals surface area contributed by atoms with Crippen LogP contribution in [0.3, 0.4) is 0 Å². The summed E-state index contributed by atoms with van der Waals surface area (Å²) >= 11 is 3.56. The summed E-state index contributed by atoms with van der Waals surface area (Å²) in [6.07, 6.45) is -1.76. The Kier molecular flexibility index (Phi) is 10.1. The van der Waals surface area contributed by atoms with Crippen LogP contribution in [0.4, 0.5) is 30.2 Å². The molecule has 0 spiro atoms. The Labute approximate surface area is 271 Å². The SMILES string of the molecule is C/C(=C/NCc1ccc(NC(=O)c2ccc(C)c(NC(O)c3csc4c3NCC4=NC3CC3)c2)cc1C(F)(F)F)[NH+]=II. The van der Waals surface area contributed by atoms with Crippen molar-refractivity contribution in [2.45, 2.75) is 51.7 Å². The number of rotatable bonds is 10. The number of halogens is 5. The molecule has 8 nitrogen and oxygen atoms in total. The maximum atomic E-state index is 13.9. The van der Waals surface area contributed by atoms with Crippen molar-refractivity contribution in [3.05, 3.63) is 86.4 Å². The molecule has 2 heterocycles. The van der Waals surface area contributed by atoms with Gasteiger partial charge in [-0.1, -0.05) is 12.1 Å². The number of benzene rings is 2. The molecule has 1 aliphatic carbocycles. The van der Waals surface area contributed by atoms with Crippen molar-refractivity contribution in [2.75, 3.05) is 22.5 Å². The zero-order valence-electron chi connectivity index (χ0n) is 23.2. The first-order chi connectivity index (χ1) is 20.5. The molecule has 2 aromatic carbocycles. The summed E-state index contributed by atoms with van der Waals surface area (Å²) in [5, 5.41) is 24.9. The number of aliphatic hydroxyl groups excluding tert-OH is 1. The fraction of sp³-hybridized carbons (Fsp3) is 0.310. The number of thiophene rings is 1. The highest BCUT2D eigenvalue weighted by atomic mass is 128. The summed E-state index contributed by atoms with van der Waals surface area (Å²) in [7, 11) is 0. The number of aryl methyl sites for hydroxylation is 1. The molecular formula is C29H30F3I2N6O2S+.